The fourth-order valence-corrected chi connectivity index (χ4v) is 2.71. The number of hydrogen-bond acceptors (Lipinski definition) is 4. The van der Waals surface area contributed by atoms with Gasteiger partial charge in [-0.05, 0) is 25.8 Å². The lowest BCUT2D eigenvalue weighted by atomic mass is 10.0. The molecule has 0 aromatic heterocycles. The van der Waals surface area contributed by atoms with Crippen LogP contribution in [0.2, 0.25) is 0 Å². The van der Waals surface area contributed by atoms with Gasteiger partial charge in [0.1, 0.15) is 0 Å². The lowest BCUT2D eigenvalue weighted by molar-refractivity contribution is 0.204. The minimum Gasteiger partial charge on any atom is -0.383 e. The standard InChI is InChI=1S/C10H23N3O3S/c1-16-9-8-13-17(14,15)12-7-5-10-4-2-3-6-11-10/h10-13H,2-9H2,1H3. The number of ether oxygens (including phenoxy) is 1. The normalized spacial score (nSPS) is 21.6. The summed E-state index contributed by atoms with van der Waals surface area (Å²) >= 11 is 0. The van der Waals surface area contributed by atoms with E-state index in [1.54, 1.807) is 0 Å². The molecule has 17 heavy (non-hydrogen) atoms. The molecule has 102 valence electrons. The zero-order valence-electron chi connectivity index (χ0n) is 10.4. The van der Waals surface area contributed by atoms with Gasteiger partial charge in [-0.3, -0.25) is 0 Å². The van der Waals surface area contributed by atoms with E-state index in [4.69, 9.17) is 4.74 Å². The summed E-state index contributed by atoms with van der Waals surface area (Å²) in [5.74, 6) is 0. The number of piperidine rings is 1. The summed E-state index contributed by atoms with van der Waals surface area (Å²) in [7, 11) is -1.82. The first-order valence-electron chi connectivity index (χ1n) is 6.10. The van der Waals surface area contributed by atoms with Gasteiger partial charge in [-0.15, -0.1) is 0 Å². The van der Waals surface area contributed by atoms with Crippen molar-refractivity contribution in [1.82, 2.24) is 14.8 Å². The Hall–Kier alpha value is -0.210. The SMILES string of the molecule is COCCNS(=O)(=O)NCCC1CCCCN1. The van der Waals surface area contributed by atoms with E-state index in [1.165, 1.54) is 20.0 Å². The Morgan fingerprint density at radius 3 is 2.71 bits per heavy atom. The van der Waals surface area contributed by atoms with Gasteiger partial charge in [0.25, 0.3) is 10.2 Å². The van der Waals surface area contributed by atoms with Gasteiger partial charge in [0.05, 0.1) is 6.61 Å². The van der Waals surface area contributed by atoms with Crippen molar-refractivity contribution < 1.29 is 13.2 Å². The molecule has 0 saturated carbocycles. The lowest BCUT2D eigenvalue weighted by Crippen LogP contribution is -2.41. The summed E-state index contributed by atoms with van der Waals surface area (Å²) in [5.41, 5.74) is 0. The third-order valence-electron chi connectivity index (χ3n) is 2.80. The molecule has 6 nitrogen and oxygen atoms in total. The summed E-state index contributed by atoms with van der Waals surface area (Å²) in [6.07, 6.45) is 4.43. The quantitative estimate of drug-likeness (QED) is 0.521. The zero-order chi connectivity index (χ0) is 12.6. The van der Waals surface area contributed by atoms with Gasteiger partial charge >= 0.3 is 0 Å². The molecule has 3 N–H and O–H groups in total. The van der Waals surface area contributed by atoms with Crippen LogP contribution >= 0.6 is 0 Å². The molecule has 1 atom stereocenters. The Balaban J connectivity index is 2.11. The molecular formula is C10H23N3O3S. The largest absolute Gasteiger partial charge is 0.383 e. The molecule has 1 heterocycles. The molecule has 0 aromatic carbocycles. The summed E-state index contributed by atoms with van der Waals surface area (Å²) in [5, 5.41) is 3.38. The number of methoxy groups -OCH3 is 1. The average molecular weight is 265 g/mol. The van der Waals surface area contributed by atoms with E-state index in [2.05, 4.69) is 14.8 Å². The average Bonchev–Trinajstić information content (AvgIpc) is 2.30. The molecule has 1 unspecified atom stereocenters. The zero-order valence-corrected chi connectivity index (χ0v) is 11.2. The Morgan fingerprint density at radius 1 is 1.29 bits per heavy atom. The van der Waals surface area contributed by atoms with Crippen LogP contribution in [0.25, 0.3) is 0 Å². The fraction of sp³-hybridized carbons (Fsp3) is 1.00. The minimum atomic E-state index is -3.36. The van der Waals surface area contributed by atoms with Crippen molar-refractivity contribution >= 4 is 10.2 Å². The van der Waals surface area contributed by atoms with Crippen LogP contribution in [0.4, 0.5) is 0 Å². The van der Waals surface area contributed by atoms with E-state index in [0.29, 0.717) is 25.7 Å². The molecule has 1 aliphatic rings. The van der Waals surface area contributed by atoms with Crippen LogP contribution < -0.4 is 14.8 Å². The molecule has 0 aromatic rings. The van der Waals surface area contributed by atoms with Crippen molar-refractivity contribution in [2.75, 3.05) is 33.4 Å². The second-order valence-electron chi connectivity index (χ2n) is 4.22. The smallest absolute Gasteiger partial charge is 0.276 e. The highest BCUT2D eigenvalue weighted by Gasteiger charge is 2.14. The molecule has 0 bridgehead atoms. The highest BCUT2D eigenvalue weighted by molar-refractivity contribution is 7.87. The Kier molecular flexibility index (Phi) is 6.98. The van der Waals surface area contributed by atoms with Crippen LogP contribution in [0.15, 0.2) is 0 Å². The monoisotopic (exact) mass is 265 g/mol. The van der Waals surface area contributed by atoms with E-state index in [-0.39, 0.29) is 0 Å². The van der Waals surface area contributed by atoms with Gasteiger partial charge in [-0.25, -0.2) is 4.72 Å². The lowest BCUT2D eigenvalue weighted by Gasteiger charge is -2.23. The van der Waals surface area contributed by atoms with Crippen LogP contribution in [0.5, 0.6) is 0 Å². The molecule has 1 saturated heterocycles. The fourth-order valence-electron chi connectivity index (χ4n) is 1.87. The van der Waals surface area contributed by atoms with Crippen molar-refractivity contribution in [3.8, 4) is 0 Å². The Morgan fingerprint density at radius 2 is 2.06 bits per heavy atom. The number of hydrogen-bond donors (Lipinski definition) is 3. The topological polar surface area (TPSA) is 79.5 Å². The number of nitrogens with one attached hydrogen (secondary N) is 3. The van der Waals surface area contributed by atoms with Crippen molar-refractivity contribution in [3.63, 3.8) is 0 Å². The first-order chi connectivity index (χ1) is 8.14. The summed E-state index contributed by atoms with van der Waals surface area (Å²) in [6.45, 7) is 2.20. The molecule has 1 rings (SSSR count). The molecule has 1 fully saturated rings. The van der Waals surface area contributed by atoms with Crippen LogP contribution in [-0.4, -0.2) is 47.8 Å². The minimum absolute atomic E-state index is 0.299. The van der Waals surface area contributed by atoms with E-state index >= 15 is 0 Å². The van der Waals surface area contributed by atoms with Crippen LogP contribution in [0.3, 0.4) is 0 Å². The van der Waals surface area contributed by atoms with Gasteiger partial charge in [-0.1, -0.05) is 6.42 Å². The van der Waals surface area contributed by atoms with Crippen molar-refractivity contribution in [2.45, 2.75) is 31.7 Å². The molecule has 0 spiro atoms. The maximum atomic E-state index is 11.4. The van der Waals surface area contributed by atoms with Crippen LogP contribution in [-0.2, 0) is 14.9 Å². The van der Waals surface area contributed by atoms with Gasteiger partial charge in [0.2, 0.25) is 0 Å². The van der Waals surface area contributed by atoms with E-state index < -0.39 is 10.2 Å². The molecule has 0 amide bonds. The third-order valence-corrected chi connectivity index (χ3v) is 3.96. The van der Waals surface area contributed by atoms with Crippen molar-refractivity contribution in [3.05, 3.63) is 0 Å². The number of rotatable bonds is 8. The second-order valence-corrected chi connectivity index (χ2v) is 5.80. The van der Waals surface area contributed by atoms with E-state index in [1.807, 2.05) is 0 Å². The predicted octanol–water partition coefficient (Wildman–Crippen LogP) is -0.411. The van der Waals surface area contributed by atoms with E-state index in [0.717, 1.165) is 19.4 Å². The van der Waals surface area contributed by atoms with Crippen LogP contribution in [0.1, 0.15) is 25.7 Å². The first kappa shape index (κ1) is 14.8. The molecule has 0 radical (unpaired) electrons. The van der Waals surface area contributed by atoms with Crippen molar-refractivity contribution in [1.29, 1.82) is 0 Å². The van der Waals surface area contributed by atoms with Crippen molar-refractivity contribution in [2.24, 2.45) is 0 Å². The summed E-state index contributed by atoms with van der Waals surface area (Å²) < 4.78 is 32.6. The first-order valence-corrected chi connectivity index (χ1v) is 7.59. The van der Waals surface area contributed by atoms with E-state index in [9.17, 15) is 8.42 Å². The van der Waals surface area contributed by atoms with Gasteiger partial charge in [0.15, 0.2) is 0 Å². The molecule has 1 aliphatic heterocycles. The second kappa shape index (κ2) is 7.99. The third kappa shape index (κ3) is 6.95. The Bertz CT molecular complexity index is 289. The maximum Gasteiger partial charge on any atom is 0.276 e. The van der Waals surface area contributed by atoms with Gasteiger partial charge in [0, 0.05) is 26.2 Å². The predicted molar refractivity (Wildman–Crippen MR) is 67.1 cm³/mol. The molecule has 0 aliphatic carbocycles. The Labute approximate surface area is 104 Å². The molecular weight excluding hydrogens is 242 g/mol. The van der Waals surface area contributed by atoms with Gasteiger partial charge in [-0.2, -0.15) is 13.1 Å². The summed E-state index contributed by atoms with van der Waals surface area (Å²) in [6, 6.07) is 0.449. The van der Waals surface area contributed by atoms with Gasteiger partial charge < -0.3 is 10.1 Å². The van der Waals surface area contributed by atoms with Crippen LogP contribution in [0, 0.1) is 0 Å². The molecule has 7 heteroatoms. The highest BCUT2D eigenvalue weighted by Crippen LogP contribution is 2.09. The highest BCUT2D eigenvalue weighted by atomic mass is 32.2. The maximum absolute atomic E-state index is 11.4. The summed E-state index contributed by atoms with van der Waals surface area (Å²) in [4.78, 5) is 0.